The number of nitrogens with two attached hydrogens (primary N) is 1. The van der Waals surface area contributed by atoms with Crippen LogP contribution >= 0.6 is 0 Å². The van der Waals surface area contributed by atoms with Gasteiger partial charge in [0.15, 0.2) is 5.78 Å². The zero-order valence-electron chi connectivity index (χ0n) is 8.87. The summed E-state index contributed by atoms with van der Waals surface area (Å²) in [5.74, 6) is -0.266. The molecule has 1 unspecified atom stereocenters. The fraction of sp³-hybridized carbons (Fsp3) is 0.417. The van der Waals surface area contributed by atoms with Crippen molar-refractivity contribution in [1.82, 2.24) is 0 Å². The molecule has 3 heteroatoms. The van der Waals surface area contributed by atoms with Crippen LogP contribution in [-0.2, 0) is 0 Å². The number of ketones is 1. The van der Waals surface area contributed by atoms with E-state index in [9.17, 15) is 9.18 Å². The van der Waals surface area contributed by atoms with Crippen LogP contribution in [0.1, 0.15) is 36.5 Å². The van der Waals surface area contributed by atoms with E-state index in [0.29, 0.717) is 12.0 Å². The third kappa shape index (κ3) is 4.21. The second-order valence-corrected chi connectivity index (χ2v) is 3.80. The average molecular weight is 209 g/mol. The summed E-state index contributed by atoms with van der Waals surface area (Å²) in [6.45, 7) is 1.92. The van der Waals surface area contributed by atoms with Gasteiger partial charge in [-0.15, -0.1) is 0 Å². The van der Waals surface area contributed by atoms with Crippen LogP contribution in [0.2, 0.25) is 0 Å². The lowest BCUT2D eigenvalue weighted by Gasteiger charge is -2.04. The van der Waals surface area contributed by atoms with Crippen LogP contribution in [0, 0.1) is 5.82 Å². The first-order valence-electron chi connectivity index (χ1n) is 5.14. The van der Waals surface area contributed by atoms with Crippen molar-refractivity contribution in [2.75, 3.05) is 0 Å². The SMILES string of the molecule is CC(N)CCCC(=O)c1ccc(F)cc1. The Morgan fingerprint density at radius 2 is 2.00 bits per heavy atom. The van der Waals surface area contributed by atoms with Gasteiger partial charge in [0.05, 0.1) is 0 Å². The van der Waals surface area contributed by atoms with Crippen LogP contribution in [-0.4, -0.2) is 11.8 Å². The first kappa shape index (κ1) is 11.9. The molecule has 0 heterocycles. The molecule has 0 saturated heterocycles. The van der Waals surface area contributed by atoms with E-state index in [1.807, 2.05) is 6.92 Å². The zero-order valence-corrected chi connectivity index (χ0v) is 8.87. The molecule has 0 aliphatic heterocycles. The van der Waals surface area contributed by atoms with Crippen molar-refractivity contribution in [3.05, 3.63) is 35.6 Å². The molecule has 82 valence electrons. The third-order valence-electron chi connectivity index (χ3n) is 2.23. The topological polar surface area (TPSA) is 43.1 Å². The molecule has 1 rings (SSSR count). The highest BCUT2D eigenvalue weighted by molar-refractivity contribution is 5.95. The van der Waals surface area contributed by atoms with Gasteiger partial charge in [0, 0.05) is 18.0 Å². The van der Waals surface area contributed by atoms with Crippen molar-refractivity contribution in [3.63, 3.8) is 0 Å². The predicted octanol–water partition coefficient (Wildman–Crippen LogP) is 2.53. The van der Waals surface area contributed by atoms with Crippen molar-refractivity contribution >= 4 is 5.78 Å². The Labute approximate surface area is 89.3 Å². The largest absolute Gasteiger partial charge is 0.328 e. The summed E-state index contributed by atoms with van der Waals surface area (Å²) in [7, 11) is 0. The van der Waals surface area contributed by atoms with Gasteiger partial charge < -0.3 is 5.73 Å². The second-order valence-electron chi connectivity index (χ2n) is 3.80. The van der Waals surface area contributed by atoms with E-state index in [1.54, 1.807) is 0 Å². The lowest BCUT2D eigenvalue weighted by molar-refractivity contribution is 0.0979. The number of carbonyl (C=O) groups is 1. The molecule has 0 aliphatic carbocycles. The maximum atomic E-state index is 12.6. The minimum Gasteiger partial charge on any atom is -0.328 e. The monoisotopic (exact) mass is 209 g/mol. The van der Waals surface area contributed by atoms with Crippen molar-refractivity contribution in [2.24, 2.45) is 5.73 Å². The van der Waals surface area contributed by atoms with Crippen molar-refractivity contribution in [3.8, 4) is 0 Å². The minimum absolute atomic E-state index is 0.0515. The summed E-state index contributed by atoms with van der Waals surface area (Å²) in [6, 6.07) is 5.77. The summed E-state index contributed by atoms with van der Waals surface area (Å²) >= 11 is 0. The molecule has 1 aromatic carbocycles. The van der Waals surface area contributed by atoms with Crippen LogP contribution in [0.4, 0.5) is 4.39 Å². The summed E-state index contributed by atoms with van der Waals surface area (Å²) < 4.78 is 12.6. The van der Waals surface area contributed by atoms with Crippen LogP contribution in [0.5, 0.6) is 0 Å². The fourth-order valence-corrected chi connectivity index (χ4v) is 1.36. The van der Waals surface area contributed by atoms with Gasteiger partial charge in [0.25, 0.3) is 0 Å². The molecule has 15 heavy (non-hydrogen) atoms. The third-order valence-corrected chi connectivity index (χ3v) is 2.23. The highest BCUT2D eigenvalue weighted by atomic mass is 19.1. The normalized spacial score (nSPS) is 12.5. The van der Waals surface area contributed by atoms with E-state index >= 15 is 0 Å². The van der Waals surface area contributed by atoms with E-state index in [-0.39, 0.29) is 17.6 Å². The highest BCUT2D eigenvalue weighted by Gasteiger charge is 2.05. The smallest absolute Gasteiger partial charge is 0.162 e. The van der Waals surface area contributed by atoms with Crippen LogP contribution in [0.3, 0.4) is 0 Å². The molecule has 0 spiro atoms. The van der Waals surface area contributed by atoms with E-state index in [0.717, 1.165) is 12.8 Å². The summed E-state index contributed by atoms with van der Waals surface area (Å²) in [4.78, 5) is 11.6. The second kappa shape index (κ2) is 5.61. The number of rotatable bonds is 5. The van der Waals surface area contributed by atoms with E-state index < -0.39 is 0 Å². The van der Waals surface area contributed by atoms with Gasteiger partial charge in [-0.1, -0.05) is 0 Å². The Hall–Kier alpha value is -1.22. The Balaban J connectivity index is 2.43. The minimum atomic E-state index is -0.317. The Morgan fingerprint density at radius 1 is 1.40 bits per heavy atom. The number of hydrogen-bond acceptors (Lipinski definition) is 2. The Morgan fingerprint density at radius 3 is 2.53 bits per heavy atom. The summed E-state index contributed by atoms with van der Waals surface area (Å²) in [5, 5.41) is 0. The Bertz CT molecular complexity index is 319. The van der Waals surface area contributed by atoms with E-state index in [4.69, 9.17) is 5.73 Å². The molecule has 1 atom stereocenters. The molecule has 0 fully saturated rings. The van der Waals surface area contributed by atoms with Crippen LogP contribution in [0.25, 0.3) is 0 Å². The molecule has 2 nitrogen and oxygen atoms in total. The molecule has 0 radical (unpaired) electrons. The molecule has 0 saturated carbocycles. The zero-order chi connectivity index (χ0) is 11.3. The van der Waals surface area contributed by atoms with Crippen molar-refractivity contribution < 1.29 is 9.18 Å². The molecule has 2 N–H and O–H groups in total. The molecule has 0 aromatic heterocycles. The molecular weight excluding hydrogens is 193 g/mol. The first-order chi connectivity index (χ1) is 7.09. The molecular formula is C12H16FNO. The van der Waals surface area contributed by atoms with Crippen molar-refractivity contribution in [2.45, 2.75) is 32.2 Å². The molecule has 0 bridgehead atoms. The maximum Gasteiger partial charge on any atom is 0.162 e. The standard InChI is InChI=1S/C12H16FNO/c1-9(14)3-2-4-12(15)10-5-7-11(13)8-6-10/h5-9H,2-4,14H2,1H3. The lowest BCUT2D eigenvalue weighted by atomic mass is 10.0. The van der Waals surface area contributed by atoms with Crippen LogP contribution in [0.15, 0.2) is 24.3 Å². The first-order valence-corrected chi connectivity index (χ1v) is 5.14. The van der Waals surface area contributed by atoms with Gasteiger partial charge in [0.2, 0.25) is 0 Å². The van der Waals surface area contributed by atoms with Gasteiger partial charge in [-0.05, 0) is 44.0 Å². The van der Waals surface area contributed by atoms with Crippen molar-refractivity contribution in [1.29, 1.82) is 0 Å². The van der Waals surface area contributed by atoms with E-state index in [1.165, 1.54) is 24.3 Å². The highest BCUT2D eigenvalue weighted by Crippen LogP contribution is 2.08. The molecule has 0 amide bonds. The quantitative estimate of drug-likeness (QED) is 0.757. The summed E-state index contributed by atoms with van der Waals surface area (Å²) in [6.07, 6.45) is 2.11. The Kier molecular flexibility index (Phi) is 4.43. The van der Waals surface area contributed by atoms with Gasteiger partial charge >= 0.3 is 0 Å². The van der Waals surface area contributed by atoms with Crippen LogP contribution < -0.4 is 5.73 Å². The van der Waals surface area contributed by atoms with Gasteiger partial charge in [-0.2, -0.15) is 0 Å². The average Bonchev–Trinajstić information content (AvgIpc) is 2.18. The number of halogens is 1. The van der Waals surface area contributed by atoms with Gasteiger partial charge in [-0.3, -0.25) is 4.79 Å². The van der Waals surface area contributed by atoms with Gasteiger partial charge in [-0.25, -0.2) is 4.39 Å². The fourth-order valence-electron chi connectivity index (χ4n) is 1.36. The molecule has 0 aliphatic rings. The predicted molar refractivity (Wildman–Crippen MR) is 58.2 cm³/mol. The van der Waals surface area contributed by atoms with E-state index in [2.05, 4.69) is 0 Å². The molecule has 1 aromatic rings. The number of hydrogen-bond donors (Lipinski definition) is 1. The number of carbonyl (C=O) groups excluding carboxylic acids is 1. The number of Topliss-reactive ketones (excluding diaryl/α,β-unsaturated/α-hetero) is 1. The number of benzene rings is 1. The lowest BCUT2D eigenvalue weighted by Crippen LogP contribution is -2.14. The van der Waals surface area contributed by atoms with Gasteiger partial charge in [0.1, 0.15) is 5.82 Å². The summed E-state index contributed by atoms with van der Waals surface area (Å²) in [5.41, 5.74) is 6.15. The maximum absolute atomic E-state index is 12.6.